The molecule has 0 radical (unpaired) electrons. The van der Waals surface area contributed by atoms with Gasteiger partial charge < -0.3 is 20.1 Å². The number of aliphatic hydroxyl groups is 3. The molecule has 3 N–H and O–H groups in total. The standard InChI is InChI=1S/C13H17N3O7S/c1-7-2-4-8(5-3-7)24(20,21)22-6-9-10(17)11(18)12(19)13(23-9)15-16-14/h2-5,9-13,17-19H,6H2,1H3/t9?,10-,11?,12?,13-/m1/s1. The molecule has 24 heavy (non-hydrogen) atoms. The van der Waals surface area contributed by atoms with E-state index in [0.717, 1.165) is 5.56 Å². The zero-order valence-corrected chi connectivity index (χ0v) is 13.4. The van der Waals surface area contributed by atoms with Gasteiger partial charge in [0.15, 0.2) is 6.23 Å². The van der Waals surface area contributed by atoms with E-state index in [0.29, 0.717) is 0 Å². The van der Waals surface area contributed by atoms with Crippen LogP contribution in [0.5, 0.6) is 0 Å². The monoisotopic (exact) mass is 359 g/mol. The molecular formula is C13H17N3O7S. The van der Waals surface area contributed by atoms with Crippen molar-refractivity contribution in [2.45, 2.75) is 42.5 Å². The Morgan fingerprint density at radius 1 is 1.21 bits per heavy atom. The van der Waals surface area contributed by atoms with Crippen molar-refractivity contribution in [2.75, 3.05) is 6.61 Å². The molecular weight excluding hydrogens is 342 g/mol. The number of azide groups is 1. The number of rotatable bonds is 5. The van der Waals surface area contributed by atoms with Crippen molar-refractivity contribution in [3.63, 3.8) is 0 Å². The second-order valence-corrected chi connectivity index (χ2v) is 6.91. The fourth-order valence-electron chi connectivity index (χ4n) is 2.14. The third kappa shape index (κ3) is 4.02. The van der Waals surface area contributed by atoms with E-state index in [9.17, 15) is 23.7 Å². The van der Waals surface area contributed by atoms with E-state index in [2.05, 4.69) is 10.0 Å². The molecule has 1 saturated heterocycles. The van der Waals surface area contributed by atoms with Crippen LogP contribution in [-0.2, 0) is 19.0 Å². The summed E-state index contributed by atoms with van der Waals surface area (Å²) in [6, 6.07) is 5.92. The summed E-state index contributed by atoms with van der Waals surface area (Å²) in [4.78, 5) is 2.38. The lowest BCUT2D eigenvalue weighted by atomic mass is 9.99. The van der Waals surface area contributed by atoms with E-state index >= 15 is 0 Å². The van der Waals surface area contributed by atoms with E-state index in [1.807, 2.05) is 0 Å². The van der Waals surface area contributed by atoms with Crippen LogP contribution >= 0.6 is 0 Å². The first-order valence-electron chi connectivity index (χ1n) is 6.96. The molecule has 11 heteroatoms. The summed E-state index contributed by atoms with van der Waals surface area (Å²) in [6.45, 7) is 1.17. The summed E-state index contributed by atoms with van der Waals surface area (Å²) >= 11 is 0. The number of aryl methyl sites for hydroxylation is 1. The topological polar surface area (TPSA) is 162 Å². The van der Waals surface area contributed by atoms with Crippen LogP contribution in [-0.4, -0.2) is 61.0 Å². The number of ether oxygens (including phenoxy) is 1. The smallest absolute Gasteiger partial charge is 0.297 e. The minimum atomic E-state index is -4.10. The van der Waals surface area contributed by atoms with Gasteiger partial charge in [-0.2, -0.15) is 8.42 Å². The summed E-state index contributed by atoms with van der Waals surface area (Å²) in [5.41, 5.74) is 9.27. The van der Waals surface area contributed by atoms with E-state index in [1.54, 1.807) is 19.1 Å². The molecule has 0 aliphatic carbocycles. The van der Waals surface area contributed by atoms with Crippen LogP contribution in [0.15, 0.2) is 34.3 Å². The van der Waals surface area contributed by atoms with Crippen LogP contribution < -0.4 is 0 Å². The van der Waals surface area contributed by atoms with Crippen LogP contribution in [0.25, 0.3) is 10.4 Å². The van der Waals surface area contributed by atoms with E-state index < -0.39 is 47.4 Å². The van der Waals surface area contributed by atoms with Gasteiger partial charge in [-0.3, -0.25) is 4.18 Å². The molecule has 0 aromatic heterocycles. The second-order valence-electron chi connectivity index (χ2n) is 5.29. The predicted octanol–water partition coefficient (Wildman–Crippen LogP) is -0.182. The van der Waals surface area contributed by atoms with Crippen molar-refractivity contribution in [1.29, 1.82) is 0 Å². The molecule has 3 unspecified atom stereocenters. The summed E-state index contributed by atoms with van der Waals surface area (Å²) in [5, 5.41) is 32.3. The Kier molecular flexibility index (Phi) is 5.78. The van der Waals surface area contributed by atoms with Gasteiger partial charge in [0, 0.05) is 4.91 Å². The number of hydrogen-bond donors (Lipinski definition) is 3. The van der Waals surface area contributed by atoms with Gasteiger partial charge in [-0.05, 0) is 24.6 Å². The van der Waals surface area contributed by atoms with Crippen LogP contribution in [0.3, 0.4) is 0 Å². The predicted molar refractivity (Wildman–Crippen MR) is 80.1 cm³/mol. The minimum absolute atomic E-state index is 0.0782. The van der Waals surface area contributed by atoms with Gasteiger partial charge in [0.1, 0.15) is 24.4 Å². The highest BCUT2D eigenvalue weighted by atomic mass is 32.2. The van der Waals surface area contributed by atoms with Crippen molar-refractivity contribution < 1.29 is 32.7 Å². The lowest BCUT2D eigenvalue weighted by Crippen LogP contribution is -2.58. The molecule has 1 heterocycles. The molecule has 1 aliphatic heterocycles. The Labute approximate surface area is 138 Å². The molecule has 0 spiro atoms. The van der Waals surface area contributed by atoms with Crippen LogP contribution in [0.2, 0.25) is 0 Å². The average molecular weight is 359 g/mol. The normalized spacial score (nSPS) is 30.6. The van der Waals surface area contributed by atoms with Crippen molar-refractivity contribution >= 4 is 10.1 Å². The lowest BCUT2D eigenvalue weighted by Gasteiger charge is -2.38. The average Bonchev–Trinajstić information content (AvgIpc) is 2.55. The van der Waals surface area contributed by atoms with Crippen LogP contribution in [0.1, 0.15) is 5.56 Å². The van der Waals surface area contributed by atoms with Crippen molar-refractivity contribution in [2.24, 2.45) is 5.11 Å². The van der Waals surface area contributed by atoms with Crippen LogP contribution in [0, 0.1) is 6.92 Å². The molecule has 0 saturated carbocycles. The molecule has 1 fully saturated rings. The van der Waals surface area contributed by atoms with Gasteiger partial charge in [0.2, 0.25) is 0 Å². The SMILES string of the molecule is Cc1ccc(S(=O)(=O)OCC2O[C@@H](N=[N+]=[N-])C(O)C(O)[C@@H]2O)cc1. The van der Waals surface area contributed by atoms with Gasteiger partial charge in [0.25, 0.3) is 10.1 Å². The first kappa shape index (κ1) is 18.6. The summed E-state index contributed by atoms with van der Waals surface area (Å²) < 4.78 is 34.1. The van der Waals surface area contributed by atoms with Gasteiger partial charge >= 0.3 is 0 Å². The van der Waals surface area contributed by atoms with Crippen LogP contribution in [0.4, 0.5) is 0 Å². The minimum Gasteiger partial charge on any atom is -0.388 e. The van der Waals surface area contributed by atoms with Crippen molar-refractivity contribution in [3.8, 4) is 0 Å². The largest absolute Gasteiger partial charge is 0.388 e. The van der Waals surface area contributed by atoms with E-state index in [4.69, 9.17) is 14.5 Å². The molecule has 1 aromatic rings. The zero-order chi connectivity index (χ0) is 17.9. The molecule has 1 aliphatic rings. The lowest BCUT2D eigenvalue weighted by molar-refractivity contribution is -0.225. The fourth-order valence-corrected chi connectivity index (χ4v) is 3.06. The fraction of sp³-hybridized carbons (Fsp3) is 0.538. The molecule has 0 bridgehead atoms. The van der Waals surface area contributed by atoms with Gasteiger partial charge in [-0.1, -0.05) is 22.8 Å². The summed E-state index contributed by atoms with van der Waals surface area (Å²) in [7, 11) is -4.10. The number of nitrogens with zero attached hydrogens (tertiary/aromatic N) is 3. The molecule has 2 rings (SSSR count). The Hall–Kier alpha value is -1.72. The van der Waals surface area contributed by atoms with Crippen molar-refractivity contribution in [1.82, 2.24) is 0 Å². The molecule has 5 atom stereocenters. The maximum absolute atomic E-state index is 12.1. The summed E-state index contributed by atoms with van der Waals surface area (Å²) in [6.07, 6.45) is -7.70. The third-order valence-corrected chi connectivity index (χ3v) is 4.85. The van der Waals surface area contributed by atoms with E-state index in [-0.39, 0.29) is 4.90 Å². The van der Waals surface area contributed by atoms with Gasteiger partial charge in [-0.15, -0.1) is 0 Å². The first-order valence-corrected chi connectivity index (χ1v) is 8.37. The highest BCUT2D eigenvalue weighted by Gasteiger charge is 2.43. The Morgan fingerprint density at radius 2 is 1.83 bits per heavy atom. The quantitative estimate of drug-likeness (QED) is 0.284. The van der Waals surface area contributed by atoms with Crippen molar-refractivity contribution in [3.05, 3.63) is 40.3 Å². The Morgan fingerprint density at radius 3 is 2.42 bits per heavy atom. The Bertz CT molecular complexity index is 718. The number of hydrogen-bond acceptors (Lipinski definition) is 8. The van der Waals surface area contributed by atoms with Gasteiger partial charge in [-0.25, -0.2) is 0 Å². The first-order chi connectivity index (χ1) is 11.3. The zero-order valence-electron chi connectivity index (χ0n) is 12.6. The third-order valence-electron chi connectivity index (χ3n) is 3.55. The highest BCUT2D eigenvalue weighted by Crippen LogP contribution is 2.23. The number of aliphatic hydroxyl groups excluding tert-OH is 3. The maximum atomic E-state index is 12.1. The Balaban J connectivity index is 2.09. The molecule has 132 valence electrons. The van der Waals surface area contributed by atoms with E-state index in [1.165, 1.54) is 12.1 Å². The molecule has 0 amide bonds. The molecule has 10 nitrogen and oxygen atoms in total. The summed E-state index contributed by atoms with van der Waals surface area (Å²) in [5.74, 6) is 0. The maximum Gasteiger partial charge on any atom is 0.297 e. The highest BCUT2D eigenvalue weighted by molar-refractivity contribution is 7.86. The van der Waals surface area contributed by atoms with Gasteiger partial charge in [0.05, 0.1) is 11.5 Å². The second kappa shape index (κ2) is 7.45. The number of benzene rings is 1. The molecule has 1 aromatic carbocycles.